The lowest BCUT2D eigenvalue weighted by Gasteiger charge is -2.25. The van der Waals surface area contributed by atoms with Gasteiger partial charge in [0.05, 0.1) is 6.33 Å². The molecule has 1 aliphatic rings. The molecule has 3 heterocycles. The molecule has 0 bridgehead atoms. The number of halogens is 1. The molecule has 29 heavy (non-hydrogen) atoms. The SMILES string of the molecule is Cn1c(=O)c2c(ncn2CC(=O)N2CCCC2Cc2cccc(F)c2)n(C)c1=O. The van der Waals surface area contributed by atoms with Crippen molar-refractivity contribution in [2.24, 2.45) is 14.1 Å². The van der Waals surface area contributed by atoms with Crippen LogP contribution in [0.15, 0.2) is 40.2 Å². The highest BCUT2D eigenvalue weighted by molar-refractivity contribution is 5.79. The van der Waals surface area contributed by atoms with Crippen molar-refractivity contribution in [3.05, 3.63) is 62.8 Å². The summed E-state index contributed by atoms with van der Waals surface area (Å²) < 4.78 is 17.3. The van der Waals surface area contributed by atoms with E-state index in [2.05, 4.69) is 4.98 Å². The van der Waals surface area contributed by atoms with Crippen molar-refractivity contribution in [2.75, 3.05) is 6.54 Å². The Morgan fingerprint density at radius 2 is 2.03 bits per heavy atom. The van der Waals surface area contributed by atoms with E-state index in [1.165, 1.54) is 34.6 Å². The summed E-state index contributed by atoms with van der Waals surface area (Å²) in [6.45, 7) is 0.589. The van der Waals surface area contributed by atoms with E-state index in [4.69, 9.17) is 0 Å². The van der Waals surface area contributed by atoms with E-state index in [1.54, 1.807) is 18.0 Å². The van der Waals surface area contributed by atoms with Gasteiger partial charge in [-0.05, 0) is 37.0 Å². The van der Waals surface area contributed by atoms with Crippen LogP contribution in [0.4, 0.5) is 4.39 Å². The minimum Gasteiger partial charge on any atom is -0.338 e. The van der Waals surface area contributed by atoms with Gasteiger partial charge in [0.25, 0.3) is 5.56 Å². The lowest BCUT2D eigenvalue weighted by molar-refractivity contribution is -0.132. The summed E-state index contributed by atoms with van der Waals surface area (Å²) in [4.78, 5) is 43.6. The van der Waals surface area contributed by atoms with Crippen molar-refractivity contribution in [2.45, 2.75) is 31.8 Å². The molecule has 1 fully saturated rings. The molecular formula is C20H22FN5O3. The number of carbonyl (C=O) groups excluding carboxylic acids is 1. The Hall–Kier alpha value is -3.23. The molecule has 1 aliphatic heterocycles. The first-order valence-corrected chi connectivity index (χ1v) is 9.51. The number of rotatable bonds is 4. The van der Waals surface area contributed by atoms with E-state index >= 15 is 0 Å². The Morgan fingerprint density at radius 3 is 2.79 bits per heavy atom. The number of hydrogen-bond acceptors (Lipinski definition) is 4. The van der Waals surface area contributed by atoms with E-state index in [9.17, 15) is 18.8 Å². The molecule has 1 atom stereocenters. The number of aryl methyl sites for hydroxylation is 1. The quantitative estimate of drug-likeness (QED) is 0.650. The number of aromatic nitrogens is 4. The Kier molecular flexibility index (Phi) is 4.81. The average Bonchev–Trinajstić information content (AvgIpc) is 3.32. The molecular weight excluding hydrogens is 377 g/mol. The molecule has 0 aliphatic carbocycles. The first-order chi connectivity index (χ1) is 13.9. The van der Waals surface area contributed by atoms with Crippen LogP contribution in [0.25, 0.3) is 11.2 Å². The summed E-state index contributed by atoms with van der Waals surface area (Å²) in [7, 11) is 2.94. The molecule has 8 nitrogen and oxygen atoms in total. The van der Waals surface area contributed by atoms with Crippen LogP contribution in [0.5, 0.6) is 0 Å². The fraction of sp³-hybridized carbons (Fsp3) is 0.400. The first kappa shape index (κ1) is 19.1. The zero-order valence-electron chi connectivity index (χ0n) is 16.3. The molecule has 1 saturated heterocycles. The van der Waals surface area contributed by atoms with Crippen LogP contribution >= 0.6 is 0 Å². The van der Waals surface area contributed by atoms with Crippen LogP contribution in [0, 0.1) is 5.82 Å². The summed E-state index contributed by atoms with van der Waals surface area (Å²) in [6, 6.07) is 6.42. The lowest BCUT2D eigenvalue weighted by atomic mass is 10.0. The topological polar surface area (TPSA) is 82.1 Å². The zero-order chi connectivity index (χ0) is 20.7. The molecule has 0 N–H and O–H groups in total. The maximum Gasteiger partial charge on any atom is 0.332 e. The molecule has 1 amide bonds. The second kappa shape index (κ2) is 7.31. The van der Waals surface area contributed by atoms with Gasteiger partial charge in [0.2, 0.25) is 5.91 Å². The van der Waals surface area contributed by atoms with Crippen LogP contribution in [0.2, 0.25) is 0 Å². The Morgan fingerprint density at radius 1 is 1.24 bits per heavy atom. The summed E-state index contributed by atoms with van der Waals surface area (Å²) in [6.07, 6.45) is 3.74. The number of imidazole rings is 1. The van der Waals surface area contributed by atoms with Crippen molar-refractivity contribution in [3.8, 4) is 0 Å². The van der Waals surface area contributed by atoms with E-state index in [1.807, 2.05) is 6.07 Å². The number of nitrogens with zero attached hydrogens (tertiary/aromatic N) is 5. The van der Waals surface area contributed by atoms with Gasteiger partial charge in [0, 0.05) is 26.7 Å². The van der Waals surface area contributed by atoms with Gasteiger partial charge in [0.15, 0.2) is 11.2 Å². The standard InChI is InChI=1S/C20H22FN5O3/c1-23-18-17(19(28)24(2)20(23)29)25(12-22-18)11-16(27)26-8-4-7-15(26)10-13-5-3-6-14(21)9-13/h3,5-6,9,12,15H,4,7-8,10-11H2,1-2H3. The van der Waals surface area contributed by atoms with Gasteiger partial charge < -0.3 is 9.47 Å². The lowest BCUT2D eigenvalue weighted by Crippen LogP contribution is -2.40. The second-order valence-electron chi connectivity index (χ2n) is 7.47. The molecule has 2 aromatic heterocycles. The fourth-order valence-electron chi connectivity index (χ4n) is 4.07. The van der Waals surface area contributed by atoms with E-state index < -0.39 is 11.2 Å². The molecule has 0 saturated carbocycles. The number of likely N-dealkylation sites (tertiary alicyclic amines) is 1. The average molecular weight is 399 g/mol. The highest BCUT2D eigenvalue weighted by Gasteiger charge is 2.29. The van der Waals surface area contributed by atoms with Crippen molar-refractivity contribution >= 4 is 17.1 Å². The number of hydrogen-bond donors (Lipinski definition) is 0. The highest BCUT2D eigenvalue weighted by Crippen LogP contribution is 2.22. The first-order valence-electron chi connectivity index (χ1n) is 9.51. The van der Waals surface area contributed by atoms with E-state index in [0.29, 0.717) is 13.0 Å². The van der Waals surface area contributed by atoms with Gasteiger partial charge in [-0.25, -0.2) is 14.2 Å². The third-order valence-corrected chi connectivity index (χ3v) is 5.58. The van der Waals surface area contributed by atoms with Crippen LogP contribution in [0.3, 0.4) is 0 Å². The van der Waals surface area contributed by atoms with Crippen molar-refractivity contribution < 1.29 is 9.18 Å². The minimum absolute atomic E-state index is 0.00808. The van der Waals surface area contributed by atoms with Gasteiger partial charge in [-0.3, -0.25) is 18.7 Å². The number of fused-ring (bicyclic) bond motifs is 1. The van der Waals surface area contributed by atoms with Crippen molar-refractivity contribution in [3.63, 3.8) is 0 Å². The summed E-state index contributed by atoms with van der Waals surface area (Å²) in [5.74, 6) is -0.413. The van der Waals surface area contributed by atoms with E-state index in [-0.39, 0.29) is 35.5 Å². The third-order valence-electron chi connectivity index (χ3n) is 5.58. The number of benzene rings is 1. The predicted molar refractivity (Wildman–Crippen MR) is 105 cm³/mol. The van der Waals surface area contributed by atoms with Crippen LogP contribution < -0.4 is 11.2 Å². The zero-order valence-corrected chi connectivity index (χ0v) is 16.3. The summed E-state index contributed by atoms with van der Waals surface area (Å²) in [5, 5.41) is 0. The molecule has 4 rings (SSSR count). The maximum atomic E-state index is 13.5. The summed E-state index contributed by atoms with van der Waals surface area (Å²) in [5.41, 5.74) is 0.388. The Bertz CT molecular complexity index is 1210. The number of amides is 1. The minimum atomic E-state index is -0.480. The summed E-state index contributed by atoms with van der Waals surface area (Å²) >= 11 is 0. The Labute approximate surface area is 165 Å². The molecule has 0 spiro atoms. The van der Waals surface area contributed by atoms with Gasteiger partial charge in [-0.15, -0.1) is 0 Å². The molecule has 1 unspecified atom stereocenters. The smallest absolute Gasteiger partial charge is 0.332 e. The number of carbonyl (C=O) groups is 1. The predicted octanol–water partition coefficient (Wildman–Crippen LogP) is 0.806. The van der Waals surface area contributed by atoms with Crippen molar-refractivity contribution in [1.29, 1.82) is 0 Å². The van der Waals surface area contributed by atoms with E-state index in [0.717, 1.165) is 23.0 Å². The molecule has 3 aromatic rings. The molecule has 9 heteroatoms. The van der Waals surface area contributed by atoms with Crippen LogP contribution in [0.1, 0.15) is 18.4 Å². The third kappa shape index (κ3) is 3.37. The van der Waals surface area contributed by atoms with Gasteiger partial charge in [-0.1, -0.05) is 12.1 Å². The largest absolute Gasteiger partial charge is 0.338 e. The Balaban J connectivity index is 1.59. The van der Waals surface area contributed by atoms with Gasteiger partial charge in [0.1, 0.15) is 12.4 Å². The maximum absolute atomic E-state index is 13.5. The fourth-order valence-corrected chi connectivity index (χ4v) is 4.07. The monoisotopic (exact) mass is 399 g/mol. The van der Waals surface area contributed by atoms with Crippen LogP contribution in [-0.4, -0.2) is 42.1 Å². The molecule has 152 valence electrons. The molecule has 0 radical (unpaired) electrons. The second-order valence-corrected chi connectivity index (χ2v) is 7.47. The van der Waals surface area contributed by atoms with Crippen LogP contribution in [-0.2, 0) is 31.9 Å². The normalized spacial score (nSPS) is 16.7. The highest BCUT2D eigenvalue weighted by atomic mass is 19.1. The molecule has 1 aromatic carbocycles. The van der Waals surface area contributed by atoms with Gasteiger partial charge in [-0.2, -0.15) is 0 Å². The van der Waals surface area contributed by atoms with Crippen molar-refractivity contribution in [1.82, 2.24) is 23.6 Å². The van der Waals surface area contributed by atoms with Gasteiger partial charge >= 0.3 is 5.69 Å².